The summed E-state index contributed by atoms with van der Waals surface area (Å²) >= 11 is 8.57. The molecule has 0 saturated heterocycles. The summed E-state index contributed by atoms with van der Waals surface area (Å²) in [6.07, 6.45) is 0.955. The fraction of sp³-hybridized carbons (Fsp3) is 0.333. The van der Waals surface area contributed by atoms with Gasteiger partial charge in [0.15, 0.2) is 0 Å². The van der Waals surface area contributed by atoms with Crippen molar-refractivity contribution in [3.05, 3.63) is 19.2 Å². The fourth-order valence-electron chi connectivity index (χ4n) is 0.678. The van der Waals surface area contributed by atoms with Gasteiger partial charge in [0.2, 0.25) is 0 Å². The van der Waals surface area contributed by atoms with E-state index in [4.69, 9.17) is 5.73 Å². The molecule has 0 saturated carbocycles. The number of nitrogens with two attached hydrogens (primary N) is 1. The first-order valence-corrected chi connectivity index (χ1v) is 5.28. The molecule has 0 aromatic carbocycles. The standard InChI is InChI=1S/C6H7Br2NS/c7-4-3-6(8)10-5(4)1-2-9/h3H,1-2,9H2. The van der Waals surface area contributed by atoms with Crippen LogP contribution in [0.25, 0.3) is 0 Å². The Morgan fingerprint density at radius 2 is 2.20 bits per heavy atom. The molecule has 0 atom stereocenters. The quantitative estimate of drug-likeness (QED) is 0.888. The van der Waals surface area contributed by atoms with Crippen molar-refractivity contribution in [3.63, 3.8) is 0 Å². The largest absolute Gasteiger partial charge is 0.330 e. The second-order valence-corrected chi connectivity index (χ2v) is 5.23. The third-order valence-corrected chi connectivity index (χ3v) is 3.77. The monoisotopic (exact) mass is 283 g/mol. The molecule has 1 heterocycles. The number of rotatable bonds is 2. The molecular formula is C6H7Br2NS. The van der Waals surface area contributed by atoms with Crippen molar-refractivity contribution < 1.29 is 0 Å². The predicted molar refractivity (Wildman–Crippen MR) is 52.5 cm³/mol. The maximum atomic E-state index is 5.41. The summed E-state index contributed by atoms with van der Waals surface area (Å²) in [4.78, 5) is 1.31. The second kappa shape index (κ2) is 3.85. The van der Waals surface area contributed by atoms with Crippen LogP contribution >= 0.6 is 43.2 Å². The minimum absolute atomic E-state index is 0.714. The zero-order valence-electron chi connectivity index (χ0n) is 5.23. The van der Waals surface area contributed by atoms with Gasteiger partial charge in [-0.05, 0) is 50.9 Å². The Morgan fingerprint density at radius 1 is 1.50 bits per heavy atom. The lowest BCUT2D eigenvalue weighted by atomic mass is 10.3. The van der Waals surface area contributed by atoms with Gasteiger partial charge in [-0.2, -0.15) is 0 Å². The van der Waals surface area contributed by atoms with E-state index >= 15 is 0 Å². The smallest absolute Gasteiger partial charge is 0.0713 e. The van der Waals surface area contributed by atoms with Gasteiger partial charge in [0, 0.05) is 9.35 Å². The first kappa shape index (κ1) is 8.71. The molecule has 0 amide bonds. The second-order valence-electron chi connectivity index (χ2n) is 1.86. The van der Waals surface area contributed by atoms with E-state index in [1.807, 2.05) is 0 Å². The van der Waals surface area contributed by atoms with Crippen LogP contribution in [-0.2, 0) is 6.42 Å². The van der Waals surface area contributed by atoms with Gasteiger partial charge in [-0.25, -0.2) is 0 Å². The van der Waals surface area contributed by atoms with E-state index in [-0.39, 0.29) is 0 Å². The molecule has 0 aliphatic heterocycles. The van der Waals surface area contributed by atoms with Gasteiger partial charge in [-0.1, -0.05) is 0 Å². The molecule has 0 fully saturated rings. The molecule has 1 rings (SSSR count). The maximum Gasteiger partial charge on any atom is 0.0713 e. The lowest BCUT2D eigenvalue weighted by molar-refractivity contribution is 0.984. The van der Waals surface area contributed by atoms with Gasteiger partial charge < -0.3 is 5.73 Å². The summed E-state index contributed by atoms with van der Waals surface area (Å²) < 4.78 is 2.32. The highest BCUT2D eigenvalue weighted by atomic mass is 79.9. The average Bonchev–Trinajstić information content (AvgIpc) is 2.13. The van der Waals surface area contributed by atoms with Gasteiger partial charge in [0.1, 0.15) is 0 Å². The van der Waals surface area contributed by atoms with E-state index < -0.39 is 0 Å². The molecular weight excluding hydrogens is 278 g/mol. The van der Waals surface area contributed by atoms with Crippen LogP contribution in [0.15, 0.2) is 14.3 Å². The van der Waals surface area contributed by atoms with Crippen molar-refractivity contribution in [2.45, 2.75) is 6.42 Å². The zero-order valence-corrected chi connectivity index (χ0v) is 9.22. The van der Waals surface area contributed by atoms with Crippen LogP contribution in [-0.4, -0.2) is 6.54 Å². The SMILES string of the molecule is NCCc1sc(Br)cc1Br. The molecule has 1 nitrogen and oxygen atoms in total. The lowest BCUT2D eigenvalue weighted by Crippen LogP contribution is -2.01. The molecule has 56 valence electrons. The summed E-state index contributed by atoms with van der Waals surface area (Å²) in [5, 5.41) is 0. The van der Waals surface area contributed by atoms with Crippen LogP contribution in [0.2, 0.25) is 0 Å². The third kappa shape index (κ3) is 2.05. The highest BCUT2D eigenvalue weighted by Gasteiger charge is 2.02. The number of halogens is 2. The Kier molecular flexibility index (Phi) is 3.36. The third-order valence-electron chi connectivity index (χ3n) is 1.10. The van der Waals surface area contributed by atoms with Crippen molar-refractivity contribution in [1.29, 1.82) is 0 Å². The van der Waals surface area contributed by atoms with E-state index in [1.165, 1.54) is 4.88 Å². The zero-order chi connectivity index (χ0) is 7.56. The molecule has 0 bridgehead atoms. The van der Waals surface area contributed by atoms with Gasteiger partial charge in [-0.15, -0.1) is 11.3 Å². The van der Waals surface area contributed by atoms with E-state index in [0.29, 0.717) is 6.54 Å². The summed E-state index contributed by atoms with van der Waals surface area (Å²) in [7, 11) is 0. The Morgan fingerprint density at radius 3 is 2.60 bits per heavy atom. The topological polar surface area (TPSA) is 26.0 Å². The lowest BCUT2D eigenvalue weighted by Gasteiger charge is -1.91. The van der Waals surface area contributed by atoms with Crippen LogP contribution in [0.1, 0.15) is 4.88 Å². The summed E-state index contributed by atoms with van der Waals surface area (Å²) in [6.45, 7) is 0.714. The summed E-state index contributed by atoms with van der Waals surface area (Å²) in [6, 6.07) is 2.05. The summed E-state index contributed by atoms with van der Waals surface area (Å²) in [5.41, 5.74) is 5.41. The molecule has 4 heteroatoms. The Labute approximate surface area is 80.9 Å². The number of hydrogen-bond donors (Lipinski definition) is 1. The average molecular weight is 285 g/mol. The van der Waals surface area contributed by atoms with Crippen molar-refractivity contribution in [2.24, 2.45) is 5.73 Å². The molecule has 1 aromatic heterocycles. The number of hydrogen-bond acceptors (Lipinski definition) is 2. The minimum atomic E-state index is 0.714. The van der Waals surface area contributed by atoms with Crippen molar-refractivity contribution in [3.8, 4) is 0 Å². The highest BCUT2D eigenvalue weighted by molar-refractivity contribution is 9.11. The first-order chi connectivity index (χ1) is 4.74. The molecule has 2 N–H and O–H groups in total. The Hall–Kier alpha value is 0.620. The normalized spacial score (nSPS) is 10.3. The fourth-order valence-corrected chi connectivity index (χ4v) is 3.41. The Bertz CT molecular complexity index is 222. The Balaban J connectivity index is 2.81. The van der Waals surface area contributed by atoms with Gasteiger partial charge in [-0.3, -0.25) is 0 Å². The molecule has 0 spiro atoms. The molecule has 0 unspecified atom stereocenters. The predicted octanol–water partition coefficient (Wildman–Crippen LogP) is 2.77. The van der Waals surface area contributed by atoms with Crippen LogP contribution in [0.3, 0.4) is 0 Å². The molecule has 10 heavy (non-hydrogen) atoms. The molecule has 1 aromatic rings. The minimum Gasteiger partial charge on any atom is -0.330 e. The van der Waals surface area contributed by atoms with Crippen LogP contribution in [0.4, 0.5) is 0 Å². The first-order valence-electron chi connectivity index (χ1n) is 2.88. The number of thiophene rings is 1. The molecule has 0 aliphatic carbocycles. The van der Waals surface area contributed by atoms with Gasteiger partial charge in [0.05, 0.1) is 3.79 Å². The van der Waals surface area contributed by atoms with Crippen LogP contribution < -0.4 is 5.73 Å². The van der Waals surface area contributed by atoms with Gasteiger partial charge in [0.25, 0.3) is 0 Å². The van der Waals surface area contributed by atoms with E-state index in [2.05, 4.69) is 37.9 Å². The van der Waals surface area contributed by atoms with E-state index in [1.54, 1.807) is 11.3 Å². The summed E-state index contributed by atoms with van der Waals surface area (Å²) in [5.74, 6) is 0. The maximum absolute atomic E-state index is 5.41. The molecule has 0 aliphatic rings. The molecule has 0 radical (unpaired) electrons. The van der Waals surface area contributed by atoms with Crippen LogP contribution in [0, 0.1) is 0 Å². The van der Waals surface area contributed by atoms with Crippen molar-refractivity contribution >= 4 is 43.2 Å². The van der Waals surface area contributed by atoms with Crippen molar-refractivity contribution in [2.75, 3.05) is 6.54 Å². The van der Waals surface area contributed by atoms with E-state index in [0.717, 1.165) is 14.7 Å². The van der Waals surface area contributed by atoms with Crippen LogP contribution in [0.5, 0.6) is 0 Å². The van der Waals surface area contributed by atoms with Gasteiger partial charge >= 0.3 is 0 Å². The van der Waals surface area contributed by atoms with E-state index in [9.17, 15) is 0 Å². The van der Waals surface area contributed by atoms with Crippen molar-refractivity contribution in [1.82, 2.24) is 0 Å². The highest BCUT2D eigenvalue weighted by Crippen LogP contribution is 2.31.